The molecule has 0 aliphatic carbocycles. The van der Waals surface area contributed by atoms with Gasteiger partial charge in [-0.1, -0.05) is 60.7 Å². The summed E-state index contributed by atoms with van der Waals surface area (Å²) < 4.78 is 2.82. The summed E-state index contributed by atoms with van der Waals surface area (Å²) in [5.74, 6) is -0.379. The van der Waals surface area contributed by atoms with Crippen molar-refractivity contribution in [1.29, 1.82) is 0 Å². The second-order valence-electron chi connectivity index (χ2n) is 7.99. The Bertz CT molecular complexity index is 1400. The van der Waals surface area contributed by atoms with Gasteiger partial charge in [0.05, 0.1) is 0 Å². The largest absolute Gasteiger partial charge is 0.305 e. The average molecular weight is 444 g/mol. The standard InChI is InChI=1S/C26H25N3O4/c1-27-21(17-19-9-4-2-5-10-19)26(33)28(15-8-16-29-23(30)13-14-24(29)31)22(25(27)32)18-20-11-6-3-7-12-20/h2-7,9-12,17-18H,8,13-16H2,1H3/b21-17-,22-18-. The lowest BCUT2D eigenvalue weighted by Gasteiger charge is -2.15. The Hall–Kier alpha value is -4.00. The Balaban J connectivity index is 1.82. The first kappa shape index (κ1) is 22.2. The Labute approximate surface area is 190 Å². The van der Waals surface area contributed by atoms with Crippen molar-refractivity contribution < 1.29 is 9.59 Å². The van der Waals surface area contributed by atoms with Crippen LogP contribution in [0.2, 0.25) is 0 Å². The van der Waals surface area contributed by atoms with Gasteiger partial charge in [0.2, 0.25) is 11.8 Å². The van der Waals surface area contributed by atoms with Crippen LogP contribution in [0.5, 0.6) is 0 Å². The second kappa shape index (κ2) is 9.65. The van der Waals surface area contributed by atoms with Crippen molar-refractivity contribution in [3.8, 4) is 0 Å². The van der Waals surface area contributed by atoms with Crippen molar-refractivity contribution >= 4 is 24.0 Å². The quantitative estimate of drug-likeness (QED) is 0.527. The lowest BCUT2D eigenvalue weighted by atomic mass is 10.2. The third-order valence-corrected chi connectivity index (χ3v) is 5.76. The van der Waals surface area contributed by atoms with Crippen LogP contribution >= 0.6 is 0 Å². The van der Waals surface area contributed by atoms with Crippen LogP contribution in [0.15, 0.2) is 70.3 Å². The summed E-state index contributed by atoms with van der Waals surface area (Å²) in [4.78, 5) is 51.9. The summed E-state index contributed by atoms with van der Waals surface area (Å²) in [5, 5.41) is 0.530. The molecule has 1 saturated heterocycles. The van der Waals surface area contributed by atoms with Crippen LogP contribution in [-0.2, 0) is 23.2 Å². The summed E-state index contributed by atoms with van der Waals surface area (Å²) >= 11 is 0. The molecular weight excluding hydrogens is 418 g/mol. The number of nitrogens with zero attached hydrogens (tertiary/aromatic N) is 3. The summed E-state index contributed by atoms with van der Waals surface area (Å²) in [6, 6.07) is 18.7. The molecule has 0 bridgehead atoms. The monoisotopic (exact) mass is 443 g/mol. The van der Waals surface area contributed by atoms with Gasteiger partial charge in [-0.25, -0.2) is 0 Å². The van der Waals surface area contributed by atoms with Crippen molar-refractivity contribution in [2.75, 3.05) is 6.54 Å². The van der Waals surface area contributed by atoms with Gasteiger partial charge in [0.1, 0.15) is 10.7 Å². The maximum atomic E-state index is 13.5. The minimum Gasteiger partial charge on any atom is -0.305 e. The van der Waals surface area contributed by atoms with E-state index < -0.39 is 0 Å². The van der Waals surface area contributed by atoms with E-state index in [1.807, 2.05) is 60.7 Å². The SMILES string of the molecule is Cn1c(=O)/c(=C/c2ccccc2)n(CCCN2C(=O)CCC2=O)c(=O)/c1=C/c1ccccc1. The van der Waals surface area contributed by atoms with Crippen LogP contribution < -0.4 is 21.8 Å². The summed E-state index contributed by atoms with van der Waals surface area (Å²) in [5.41, 5.74) is 1.01. The zero-order valence-corrected chi connectivity index (χ0v) is 18.4. The molecule has 0 radical (unpaired) electrons. The van der Waals surface area contributed by atoms with Gasteiger partial charge in [-0.2, -0.15) is 0 Å². The van der Waals surface area contributed by atoms with Gasteiger partial charge in [0.15, 0.2) is 0 Å². The molecule has 1 fully saturated rings. The minimum atomic E-state index is -0.304. The zero-order valence-electron chi connectivity index (χ0n) is 18.4. The number of aromatic nitrogens is 2. The molecular formula is C26H25N3O4. The highest BCUT2D eigenvalue weighted by Gasteiger charge is 2.28. The first-order valence-corrected chi connectivity index (χ1v) is 10.9. The highest BCUT2D eigenvalue weighted by molar-refractivity contribution is 6.01. The van der Waals surface area contributed by atoms with E-state index in [9.17, 15) is 19.2 Å². The van der Waals surface area contributed by atoms with Crippen LogP contribution in [-0.4, -0.2) is 32.4 Å². The van der Waals surface area contributed by atoms with Gasteiger partial charge in [-0.3, -0.25) is 24.1 Å². The smallest absolute Gasteiger partial charge is 0.275 e. The van der Waals surface area contributed by atoms with Crippen molar-refractivity contribution in [2.24, 2.45) is 7.05 Å². The molecule has 1 aliphatic rings. The zero-order chi connectivity index (χ0) is 23.4. The molecule has 3 aromatic rings. The van der Waals surface area contributed by atoms with Crippen molar-refractivity contribution in [1.82, 2.24) is 14.0 Å². The van der Waals surface area contributed by atoms with Crippen LogP contribution in [0.1, 0.15) is 30.4 Å². The van der Waals surface area contributed by atoms with Crippen molar-refractivity contribution in [3.63, 3.8) is 0 Å². The van der Waals surface area contributed by atoms with Gasteiger partial charge in [0.25, 0.3) is 11.1 Å². The van der Waals surface area contributed by atoms with Crippen molar-refractivity contribution in [2.45, 2.75) is 25.8 Å². The molecule has 4 rings (SSSR count). The molecule has 168 valence electrons. The van der Waals surface area contributed by atoms with Gasteiger partial charge < -0.3 is 9.13 Å². The molecule has 2 heterocycles. The number of carbonyl (C=O) groups excluding carboxylic acids is 2. The van der Waals surface area contributed by atoms with Crippen LogP contribution in [0.4, 0.5) is 0 Å². The van der Waals surface area contributed by atoms with E-state index in [1.165, 1.54) is 14.0 Å². The molecule has 33 heavy (non-hydrogen) atoms. The van der Waals surface area contributed by atoms with E-state index >= 15 is 0 Å². The average Bonchev–Trinajstić information content (AvgIpc) is 3.15. The lowest BCUT2D eigenvalue weighted by Crippen LogP contribution is -2.57. The number of imide groups is 1. The molecule has 2 amide bonds. The first-order valence-electron chi connectivity index (χ1n) is 10.9. The van der Waals surface area contributed by atoms with Gasteiger partial charge in [-0.15, -0.1) is 0 Å². The fourth-order valence-corrected chi connectivity index (χ4v) is 3.98. The molecule has 1 aromatic heterocycles. The van der Waals surface area contributed by atoms with E-state index in [0.717, 1.165) is 11.1 Å². The van der Waals surface area contributed by atoms with Crippen molar-refractivity contribution in [3.05, 3.63) is 103 Å². The summed E-state index contributed by atoms with van der Waals surface area (Å²) in [6.45, 7) is 0.433. The third kappa shape index (κ3) is 4.77. The highest BCUT2D eigenvalue weighted by Crippen LogP contribution is 2.11. The van der Waals surface area contributed by atoms with E-state index in [1.54, 1.807) is 19.2 Å². The Morgan fingerprint density at radius 1 is 0.697 bits per heavy atom. The molecule has 0 N–H and O–H groups in total. The maximum Gasteiger partial charge on any atom is 0.275 e. The number of rotatable bonds is 6. The lowest BCUT2D eigenvalue weighted by molar-refractivity contribution is -0.138. The van der Waals surface area contributed by atoms with E-state index in [-0.39, 0.29) is 59.6 Å². The van der Waals surface area contributed by atoms with E-state index in [0.29, 0.717) is 6.42 Å². The van der Waals surface area contributed by atoms with E-state index in [2.05, 4.69) is 0 Å². The second-order valence-corrected chi connectivity index (χ2v) is 7.99. The molecule has 0 spiro atoms. The number of carbonyl (C=O) groups is 2. The van der Waals surface area contributed by atoms with Crippen LogP contribution in [0.25, 0.3) is 12.2 Å². The molecule has 2 aromatic carbocycles. The van der Waals surface area contributed by atoms with E-state index in [4.69, 9.17) is 0 Å². The topological polar surface area (TPSA) is 81.4 Å². The molecule has 0 unspecified atom stereocenters. The van der Waals surface area contributed by atoms with Gasteiger partial charge in [0, 0.05) is 33.0 Å². The molecule has 1 aliphatic heterocycles. The van der Waals surface area contributed by atoms with Crippen LogP contribution in [0, 0.1) is 0 Å². The normalized spacial score (nSPS) is 15.0. The van der Waals surface area contributed by atoms with Gasteiger partial charge in [-0.05, 0) is 29.7 Å². The number of hydrogen-bond acceptors (Lipinski definition) is 4. The molecule has 7 heteroatoms. The fraction of sp³-hybridized carbons (Fsp3) is 0.231. The number of benzene rings is 2. The van der Waals surface area contributed by atoms with Gasteiger partial charge >= 0.3 is 0 Å². The highest BCUT2D eigenvalue weighted by atomic mass is 16.2. The Kier molecular flexibility index (Phi) is 6.49. The summed E-state index contributed by atoms with van der Waals surface area (Å²) in [7, 11) is 1.59. The van der Waals surface area contributed by atoms with Crippen LogP contribution in [0.3, 0.4) is 0 Å². The Morgan fingerprint density at radius 2 is 1.21 bits per heavy atom. The predicted octanol–water partition coefficient (Wildman–Crippen LogP) is 0.744. The number of likely N-dealkylation sites (tertiary alicyclic amines) is 1. The molecule has 0 saturated carbocycles. The predicted molar refractivity (Wildman–Crippen MR) is 126 cm³/mol. The Morgan fingerprint density at radius 3 is 1.76 bits per heavy atom. The maximum absolute atomic E-state index is 13.5. The number of amides is 2. The molecule has 7 nitrogen and oxygen atoms in total. The summed E-state index contributed by atoms with van der Waals surface area (Å²) in [6.07, 6.45) is 4.23. The molecule has 0 atom stereocenters. The third-order valence-electron chi connectivity index (χ3n) is 5.76. The first-order chi connectivity index (χ1) is 16.0. The minimum absolute atomic E-state index is 0.189. The number of hydrogen-bond donors (Lipinski definition) is 0. The fourth-order valence-electron chi connectivity index (χ4n) is 3.98.